The predicted molar refractivity (Wildman–Crippen MR) is 222 cm³/mol. The maximum absolute atomic E-state index is 12.9. The lowest BCUT2D eigenvalue weighted by molar-refractivity contribution is -0.870. The van der Waals surface area contributed by atoms with Crippen LogP contribution in [0.1, 0.15) is 206 Å². The summed E-state index contributed by atoms with van der Waals surface area (Å²) in [6, 6.07) is -0.757. The first-order valence-electron chi connectivity index (χ1n) is 22.1. The number of phosphoric ester groups is 1. The lowest BCUT2D eigenvalue weighted by atomic mass is 10.0. The van der Waals surface area contributed by atoms with Crippen LogP contribution in [0, 0.1) is 0 Å². The van der Waals surface area contributed by atoms with Gasteiger partial charge in [0.2, 0.25) is 5.91 Å². The molecule has 8 nitrogen and oxygen atoms in total. The van der Waals surface area contributed by atoms with E-state index in [-0.39, 0.29) is 19.1 Å². The number of carbonyl (C=O) groups is 1. The van der Waals surface area contributed by atoms with Crippen LogP contribution in [0.15, 0.2) is 12.2 Å². The van der Waals surface area contributed by atoms with E-state index in [2.05, 4.69) is 31.3 Å². The van der Waals surface area contributed by atoms with Crippen molar-refractivity contribution in [3.63, 3.8) is 0 Å². The van der Waals surface area contributed by atoms with E-state index in [0.717, 1.165) is 38.5 Å². The van der Waals surface area contributed by atoms with Crippen LogP contribution in [-0.2, 0) is 18.4 Å². The maximum atomic E-state index is 12.9. The number of aliphatic hydroxyl groups excluding tert-OH is 1. The Kier molecular flexibility index (Phi) is 35.4. The van der Waals surface area contributed by atoms with Crippen molar-refractivity contribution in [2.75, 3.05) is 40.9 Å². The Morgan fingerprint density at radius 1 is 0.635 bits per heavy atom. The van der Waals surface area contributed by atoms with Crippen molar-refractivity contribution in [3.05, 3.63) is 12.2 Å². The lowest BCUT2D eigenvalue weighted by Crippen LogP contribution is -2.46. The Bertz CT molecular complexity index is 865. The molecule has 9 heteroatoms. The summed E-state index contributed by atoms with van der Waals surface area (Å²) in [4.78, 5) is 23.1. The fourth-order valence-electron chi connectivity index (χ4n) is 6.45. The SMILES string of the molecule is CCCCCCCC/C=C\CCCCCCCCCC(=O)NC(COP(=O)(O)OCC[N+](C)(C)C)C(O)CCCCCCCCCCCCCCC. The minimum Gasteiger partial charge on any atom is -0.391 e. The Morgan fingerprint density at radius 3 is 1.48 bits per heavy atom. The van der Waals surface area contributed by atoms with Crippen LogP contribution in [0.2, 0.25) is 0 Å². The van der Waals surface area contributed by atoms with E-state index in [1.807, 2.05) is 21.1 Å². The molecule has 3 unspecified atom stereocenters. The molecule has 310 valence electrons. The highest BCUT2D eigenvalue weighted by Crippen LogP contribution is 2.43. The Balaban J connectivity index is 4.36. The van der Waals surface area contributed by atoms with Gasteiger partial charge in [0.15, 0.2) is 0 Å². The topological polar surface area (TPSA) is 105 Å². The molecule has 0 radical (unpaired) electrons. The number of unbranched alkanes of at least 4 members (excludes halogenated alkanes) is 25. The van der Waals surface area contributed by atoms with E-state index in [4.69, 9.17) is 9.05 Å². The summed E-state index contributed by atoms with van der Waals surface area (Å²) in [6.07, 6.45) is 39.4. The number of amides is 1. The summed E-state index contributed by atoms with van der Waals surface area (Å²) < 4.78 is 23.6. The summed E-state index contributed by atoms with van der Waals surface area (Å²) in [5.74, 6) is -0.149. The predicted octanol–water partition coefficient (Wildman–Crippen LogP) is 12.0. The minimum absolute atomic E-state index is 0.0756. The highest BCUT2D eigenvalue weighted by molar-refractivity contribution is 7.47. The fourth-order valence-corrected chi connectivity index (χ4v) is 7.19. The van der Waals surface area contributed by atoms with Gasteiger partial charge >= 0.3 is 7.82 Å². The molecule has 0 fully saturated rings. The van der Waals surface area contributed by atoms with Crippen LogP contribution in [0.4, 0.5) is 0 Å². The number of nitrogens with one attached hydrogen (secondary N) is 1. The van der Waals surface area contributed by atoms with Crippen molar-refractivity contribution in [2.24, 2.45) is 0 Å². The molecule has 0 aliphatic rings. The van der Waals surface area contributed by atoms with E-state index in [1.165, 1.54) is 141 Å². The molecule has 0 aromatic carbocycles. The van der Waals surface area contributed by atoms with Gasteiger partial charge in [0.1, 0.15) is 13.2 Å². The molecule has 0 aromatic rings. The van der Waals surface area contributed by atoms with Crippen LogP contribution in [0.3, 0.4) is 0 Å². The molecule has 0 saturated heterocycles. The summed E-state index contributed by atoms with van der Waals surface area (Å²) in [6.45, 7) is 4.88. The number of hydrogen-bond acceptors (Lipinski definition) is 5. The molecule has 0 aliphatic carbocycles. The number of carbonyl (C=O) groups excluding carboxylic acids is 1. The highest BCUT2D eigenvalue weighted by atomic mass is 31.2. The van der Waals surface area contributed by atoms with Crippen molar-refractivity contribution < 1.29 is 32.9 Å². The van der Waals surface area contributed by atoms with Crippen LogP contribution in [-0.4, -0.2) is 73.4 Å². The zero-order valence-electron chi connectivity index (χ0n) is 35.1. The van der Waals surface area contributed by atoms with Gasteiger partial charge in [-0.05, 0) is 38.5 Å². The van der Waals surface area contributed by atoms with Gasteiger partial charge in [0, 0.05) is 6.42 Å². The smallest absolute Gasteiger partial charge is 0.391 e. The highest BCUT2D eigenvalue weighted by Gasteiger charge is 2.28. The Labute approximate surface area is 322 Å². The van der Waals surface area contributed by atoms with Crippen molar-refractivity contribution in [1.82, 2.24) is 5.32 Å². The average molecular weight is 760 g/mol. The molecule has 0 saturated carbocycles. The van der Waals surface area contributed by atoms with Crippen molar-refractivity contribution in [2.45, 2.75) is 219 Å². The first-order chi connectivity index (χ1) is 25.0. The van der Waals surface area contributed by atoms with Crippen molar-refractivity contribution in [1.29, 1.82) is 0 Å². The second kappa shape index (κ2) is 35.9. The Hall–Kier alpha value is -0.760. The zero-order valence-corrected chi connectivity index (χ0v) is 36.0. The average Bonchev–Trinajstić information content (AvgIpc) is 3.09. The van der Waals surface area contributed by atoms with Crippen LogP contribution >= 0.6 is 7.82 Å². The van der Waals surface area contributed by atoms with Gasteiger partial charge < -0.3 is 19.8 Å². The van der Waals surface area contributed by atoms with Crippen molar-refractivity contribution in [3.8, 4) is 0 Å². The van der Waals surface area contributed by atoms with E-state index in [1.54, 1.807) is 0 Å². The maximum Gasteiger partial charge on any atom is 0.472 e. The van der Waals surface area contributed by atoms with Gasteiger partial charge in [-0.3, -0.25) is 13.8 Å². The summed E-state index contributed by atoms with van der Waals surface area (Å²) in [5.41, 5.74) is 0. The summed E-state index contributed by atoms with van der Waals surface area (Å²) >= 11 is 0. The third-order valence-corrected chi connectivity index (χ3v) is 11.0. The number of hydrogen-bond donors (Lipinski definition) is 3. The number of allylic oxidation sites excluding steroid dienone is 2. The molecule has 0 spiro atoms. The fraction of sp³-hybridized carbons (Fsp3) is 0.930. The molecule has 0 heterocycles. The number of phosphoric acid groups is 1. The van der Waals surface area contributed by atoms with Gasteiger partial charge in [-0.2, -0.15) is 0 Å². The van der Waals surface area contributed by atoms with E-state index < -0.39 is 20.0 Å². The Morgan fingerprint density at radius 2 is 1.04 bits per heavy atom. The molecule has 1 amide bonds. The summed E-state index contributed by atoms with van der Waals surface area (Å²) in [5, 5.41) is 13.9. The number of likely N-dealkylation sites (N-methyl/N-ethyl adjacent to an activating group) is 1. The number of aliphatic hydroxyl groups is 1. The zero-order chi connectivity index (χ0) is 38.6. The molecule has 0 rings (SSSR count). The number of quaternary nitrogens is 1. The first kappa shape index (κ1) is 51.2. The third kappa shape index (κ3) is 37.6. The summed E-state index contributed by atoms with van der Waals surface area (Å²) in [7, 11) is 1.62. The third-order valence-electron chi connectivity index (χ3n) is 10.0. The van der Waals surface area contributed by atoms with E-state index >= 15 is 0 Å². The standard InChI is InChI=1S/C43H87N2O6P/c1-6-8-10-12-14-16-18-20-21-22-23-25-27-29-31-33-35-37-43(47)44-41(40-51-52(48,49)50-39-38-45(3,4)5)42(46)36-34-32-30-28-26-24-19-17-15-13-11-9-7-2/h20-21,41-42,46H,6-19,22-40H2,1-5H3,(H-,44,47,48,49)/p+1/b21-20-. The second-order valence-corrected chi connectivity index (χ2v) is 17.9. The lowest BCUT2D eigenvalue weighted by Gasteiger charge is -2.26. The van der Waals surface area contributed by atoms with Gasteiger partial charge in [-0.25, -0.2) is 4.57 Å². The van der Waals surface area contributed by atoms with Gasteiger partial charge in [-0.1, -0.05) is 174 Å². The molecule has 52 heavy (non-hydrogen) atoms. The molecular formula is C43H88N2O6P+. The van der Waals surface area contributed by atoms with Crippen molar-refractivity contribution >= 4 is 13.7 Å². The number of nitrogens with zero attached hydrogens (tertiary/aromatic N) is 1. The van der Waals surface area contributed by atoms with Gasteiger partial charge in [-0.15, -0.1) is 0 Å². The van der Waals surface area contributed by atoms with Gasteiger partial charge in [0.25, 0.3) is 0 Å². The van der Waals surface area contributed by atoms with E-state index in [9.17, 15) is 19.4 Å². The minimum atomic E-state index is -4.31. The molecular weight excluding hydrogens is 671 g/mol. The van der Waals surface area contributed by atoms with Crippen LogP contribution < -0.4 is 5.32 Å². The van der Waals surface area contributed by atoms with Gasteiger partial charge in [0.05, 0.1) is 39.9 Å². The second-order valence-electron chi connectivity index (χ2n) is 16.4. The molecule has 0 aromatic heterocycles. The molecule has 3 atom stereocenters. The quantitative estimate of drug-likeness (QED) is 0.0249. The monoisotopic (exact) mass is 760 g/mol. The normalized spacial score (nSPS) is 14.5. The van der Waals surface area contributed by atoms with E-state index in [0.29, 0.717) is 23.9 Å². The number of rotatable bonds is 40. The van der Waals surface area contributed by atoms with Crippen LogP contribution in [0.25, 0.3) is 0 Å². The molecule has 3 N–H and O–H groups in total. The van der Waals surface area contributed by atoms with Crippen LogP contribution in [0.5, 0.6) is 0 Å². The first-order valence-corrected chi connectivity index (χ1v) is 23.5. The largest absolute Gasteiger partial charge is 0.472 e. The molecule has 0 bridgehead atoms. The molecule has 0 aliphatic heterocycles.